The van der Waals surface area contributed by atoms with E-state index in [4.69, 9.17) is 5.73 Å². The molecule has 1 saturated heterocycles. The van der Waals surface area contributed by atoms with Crippen LogP contribution in [0.3, 0.4) is 0 Å². The summed E-state index contributed by atoms with van der Waals surface area (Å²) < 4.78 is 0. The van der Waals surface area contributed by atoms with Crippen LogP contribution < -0.4 is 53.6 Å². The van der Waals surface area contributed by atoms with Crippen molar-refractivity contribution in [2.45, 2.75) is 125 Å². The Bertz CT molecular complexity index is 2870. The molecule has 0 aliphatic carbocycles. The van der Waals surface area contributed by atoms with Gasteiger partial charge >= 0.3 is 5.97 Å². The van der Waals surface area contributed by atoms with Crippen molar-refractivity contribution < 1.29 is 88.2 Å². The second kappa shape index (κ2) is 34.6. The molecule has 0 spiro atoms. The second-order valence-electron chi connectivity index (χ2n) is 20.0. The summed E-state index contributed by atoms with van der Waals surface area (Å²) in [6.07, 6.45) is -3.98. The van der Waals surface area contributed by atoms with E-state index in [0.717, 1.165) is 13.8 Å². The number of carbonyl (C=O) groups is 12. The Morgan fingerprint density at radius 2 is 0.895 bits per heavy atom. The highest BCUT2D eigenvalue weighted by molar-refractivity contribution is 7.80. The number of nitrogens with one attached hydrogen (secondary N) is 9. The molecule has 29 nitrogen and oxygen atoms in total. The van der Waals surface area contributed by atoms with Crippen LogP contribution in [0.25, 0.3) is 0 Å². The van der Waals surface area contributed by atoms with Crippen LogP contribution >= 0.6 is 25.3 Å². The zero-order chi connectivity index (χ0) is 63.8. The second-order valence-corrected chi connectivity index (χ2v) is 20.7. The van der Waals surface area contributed by atoms with Gasteiger partial charge in [0.2, 0.25) is 59.1 Å². The van der Waals surface area contributed by atoms with Crippen LogP contribution in [0.4, 0.5) is 0 Å². The van der Waals surface area contributed by atoms with Gasteiger partial charge in [-0.2, -0.15) is 25.3 Å². The third-order valence-electron chi connectivity index (χ3n) is 13.4. The third-order valence-corrected chi connectivity index (χ3v) is 14.1. The first kappa shape index (κ1) is 70.1. The molecule has 1 aliphatic rings. The molecule has 1 fully saturated rings. The summed E-state index contributed by atoms with van der Waals surface area (Å²) in [5, 5.41) is 82.9. The van der Waals surface area contributed by atoms with Crippen LogP contribution in [-0.2, 0) is 76.8 Å². The fraction of sp³-hybridized carbons (Fsp3) is 0.455. The van der Waals surface area contributed by atoms with Crippen LogP contribution in [0.5, 0.6) is 11.5 Å². The molecule has 0 bridgehead atoms. The van der Waals surface area contributed by atoms with Crippen LogP contribution in [0.1, 0.15) is 56.2 Å². The van der Waals surface area contributed by atoms with Crippen LogP contribution in [0.15, 0.2) is 78.9 Å². The number of carboxylic acids is 1. The number of carbonyl (C=O) groups excluding carboxylic acids is 11. The number of nitrogens with two attached hydrogens (primary N) is 1. The number of aliphatic carboxylic acids is 1. The van der Waals surface area contributed by atoms with Gasteiger partial charge < -0.3 is 84.2 Å². The number of aliphatic hydroxyl groups excluding tert-OH is 3. The summed E-state index contributed by atoms with van der Waals surface area (Å²) in [4.78, 5) is 169. The van der Waals surface area contributed by atoms with Gasteiger partial charge in [-0.3, -0.25) is 62.4 Å². The molecule has 4 rings (SSSR count). The fourth-order valence-corrected chi connectivity index (χ4v) is 9.24. The summed E-state index contributed by atoms with van der Waals surface area (Å²) in [7, 11) is 0. The minimum Gasteiger partial charge on any atom is -0.508 e. The van der Waals surface area contributed by atoms with Crippen molar-refractivity contribution in [3.8, 4) is 11.5 Å². The molecule has 468 valence electrons. The normalized spacial score (nSPS) is 24.4. The lowest BCUT2D eigenvalue weighted by Gasteiger charge is -2.33. The molecule has 0 radical (unpaired) electrons. The number of thiol groups is 2. The highest BCUT2D eigenvalue weighted by Gasteiger charge is 2.42. The van der Waals surface area contributed by atoms with Crippen molar-refractivity contribution in [2.75, 3.05) is 31.3 Å². The van der Waals surface area contributed by atoms with Gasteiger partial charge in [-0.25, -0.2) is 0 Å². The summed E-state index contributed by atoms with van der Waals surface area (Å²) in [6.45, 7) is -0.271. The first-order chi connectivity index (χ1) is 40.8. The SMILES string of the molecule is CC(=O)N1C(=O)[C@H](CC(=O)O)NC(=O)[C@H](CS)NC(=O)[C@H](Cc2ccc(O)cc2)NC(=O)[C@H](CCCCN)NC(=O)[C@H](CO)NC(=O)[C@H](Cc2ccc(O)cc2)NC(=O)[C@H](CS)NC(=O)[C@H](CO)NC(=O)[C@H]([C@@H](C)O)NC(=O)[C@@H]1Cc1ccccc1. The van der Waals surface area contributed by atoms with Gasteiger partial charge in [-0.1, -0.05) is 54.6 Å². The molecule has 17 N–H and O–H groups in total. The predicted molar refractivity (Wildman–Crippen MR) is 311 cm³/mol. The van der Waals surface area contributed by atoms with E-state index in [1.54, 1.807) is 6.07 Å². The lowest BCUT2D eigenvalue weighted by atomic mass is 10.0. The molecule has 11 amide bonds. The van der Waals surface area contributed by atoms with Crippen LogP contribution in [0.2, 0.25) is 0 Å². The molecule has 1 heterocycles. The number of imide groups is 1. The van der Waals surface area contributed by atoms with E-state index >= 15 is 0 Å². The van der Waals surface area contributed by atoms with Gasteiger partial charge in [-0.05, 0) is 73.7 Å². The largest absolute Gasteiger partial charge is 0.508 e. The Labute approximate surface area is 504 Å². The zero-order valence-corrected chi connectivity index (χ0v) is 48.6. The number of unbranched alkanes of at least 4 members (excludes halogenated alkanes) is 1. The number of nitrogens with zero attached hydrogens (tertiary/aromatic N) is 1. The van der Waals surface area contributed by atoms with Gasteiger partial charge in [0.1, 0.15) is 71.9 Å². The Hall–Kier alpha value is -8.36. The highest BCUT2D eigenvalue weighted by atomic mass is 32.1. The average molecular weight is 1240 g/mol. The van der Waals surface area contributed by atoms with E-state index in [-0.39, 0.29) is 43.7 Å². The number of hydrogen-bond acceptors (Lipinski definition) is 20. The summed E-state index contributed by atoms with van der Waals surface area (Å²) >= 11 is 8.39. The third kappa shape index (κ3) is 21.3. The zero-order valence-electron chi connectivity index (χ0n) is 46.8. The molecule has 31 heteroatoms. The van der Waals surface area contributed by atoms with Crippen molar-refractivity contribution in [1.82, 2.24) is 52.8 Å². The van der Waals surface area contributed by atoms with Gasteiger partial charge in [0.15, 0.2) is 0 Å². The first-order valence-corrected chi connectivity index (χ1v) is 28.3. The van der Waals surface area contributed by atoms with Crippen molar-refractivity contribution in [2.24, 2.45) is 5.73 Å². The van der Waals surface area contributed by atoms with Crippen LogP contribution in [0, 0.1) is 0 Å². The smallest absolute Gasteiger partial charge is 0.305 e. The summed E-state index contributed by atoms with van der Waals surface area (Å²) in [6, 6.07) is 0.0203. The topological polar surface area (TPSA) is 464 Å². The van der Waals surface area contributed by atoms with E-state index in [9.17, 15) is 88.2 Å². The van der Waals surface area contributed by atoms with Crippen molar-refractivity contribution >= 4 is 96.2 Å². The maximum Gasteiger partial charge on any atom is 0.305 e. The van der Waals surface area contributed by atoms with E-state index < -0.39 is 175 Å². The Morgan fingerprint density at radius 3 is 1.31 bits per heavy atom. The van der Waals surface area contributed by atoms with Gasteiger partial charge in [0.25, 0.3) is 5.91 Å². The number of aliphatic hydroxyl groups is 3. The Morgan fingerprint density at radius 1 is 0.512 bits per heavy atom. The average Bonchev–Trinajstić information content (AvgIpc) is 1.99. The highest BCUT2D eigenvalue weighted by Crippen LogP contribution is 2.18. The van der Waals surface area contributed by atoms with Crippen molar-refractivity contribution in [3.05, 3.63) is 95.6 Å². The molecule has 11 atom stereocenters. The number of benzene rings is 3. The van der Waals surface area contributed by atoms with E-state index in [2.05, 4.69) is 73.1 Å². The maximum absolute atomic E-state index is 14.7. The van der Waals surface area contributed by atoms with Gasteiger partial charge in [0, 0.05) is 37.7 Å². The molecule has 0 unspecified atom stereocenters. The summed E-state index contributed by atoms with van der Waals surface area (Å²) in [5.74, 6) is -16.4. The minimum absolute atomic E-state index is 0.140. The lowest BCUT2D eigenvalue weighted by Crippen LogP contribution is -2.64. The van der Waals surface area contributed by atoms with Gasteiger partial charge in [0.05, 0.1) is 25.7 Å². The molecule has 1 aliphatic heterocycles. The number of amides is 11. The number of carboxylic acid groups (broad SMARTS) is 1. The van der Waals surface area contributed by atoms with Crippen LogP contribution in [-0.4, -0.2) is 204 Å². The standard InChI is InChI=1S/C55H73N11O18S2/c1-28(69)45-54(83)62-40(25-68)50(79)64-41(26-85)51(80)59-36(20-31-11-15-33(71)16-12-31)47(76)61-39(24-67)49(78)57-35(10-6-7-19-56)46(75)58-37(21-32-13-17-34(72)18-14-32)48(77)63-42(27-86)52(81)60-38(23-44(73)74)55(84)66(29(2)70)43(53(82)65-45)22-30-8-4-3-5-9-30/h3-5,8-9,11-18,28,35-43,45,67-69,71-72,85-86H,6-7,10,19-27,56H2,1-2H3,(H,57,78)(H,58,75)(H,59,80)(H,60,81)(H,61,76)(H,62,83)(H,63,77)(H,64,79)(H,65,82)(H,73,74)/t28-,35+,36+,37+,38+,39+,40+,41+,42+,43+,45+/m1/s1. The number of hydrogen-bond donors (Lipinski definition) is 18. The van der Waals surface area contributed by atoms with E-state index in [1.807, 2.05) is 0 Å². The molecule has 3 aromatic carbocycles. The monoisotopic (exact) mass is 1240 g/mol. The minimum atomic E-state index is -2.19. The fourth-order valence-electron chi connectivity index (χ4n) is 8.72. The van der Waals surface area contributed by atoms with E-state index in [1.165, 1.54) is 72.8 Å². The predicted octanol–water partition coefficient (Wildman–Crippen LogP) is -4.93. The number of rotatable bonds is 17. The lowest BCUT2D eigenvalue weighted by molar-refractivity contribution is -0.155. The number of aromatic hydroxyl groups is 2. The summed E-state index contributed by atoms with van der Waals surface area (Å²) in [5.41, 5.74) is 6.69. The van der Waals surface area contributed by atoms with Crippen molar-refractivity contribution in [3.63, 3.8) is 0 Å². The molecule has 3 aromatic rings. The maximum atomic E-state index is 14.7. The van der Waals surface area contributed by atoms with Crippen molar-refractivity contribution in [1.29, 1.82) is 0 Å². The molecule has 0 saturated carbocycles. The van der Waals surface area contributed by atoms with Gasteiger partial charge in [-0.15, -0.1) is 0 Å². The number of phenolic OH excluding ortho intramolecular Hbond substituents is 2. The molecule has 86 heavy (non-hydrogen) atoms. The Kier molecular flexibility index (Phi) is 28.2. The molecule has 0 aromatic heterocycles. The van der Waals surface area contributed by atoms with E-state index in [0.29, 0.717) is 28.0 Å². The Balaban J connectivity index is 1.89. The quantitative estimate of drug-likeness (QED) is 0.0445. The molecular formula is C55H73N11O18S2. The first-order valence-electron chi connectivity index (χ1n) is 27.0. The molecular weight excluding hydrogens is 1170 g/mol. The number of phenols is 2.